The lowest BCUT2D eigenvalue weighted by atomic mass is 10.1. The van der Waals surface area contributed by atoms with Gasteiger partial charge >= 0.3 is 0 Å². The predicted molar refractivity (Wildman–Crippen MR) is 153 cm³/mol. The average molecular weight is 531 g/mol. The van der Waals surface area contributed by atoms with Crippen molar-refractivity contribution in [3.8, 4) is 0 Å². The van der Waals surface area contributed by atoms with Crippen LogP contribution in [-0.2, 0) is 16.0 Å². The first kappa shape index (κ1) is 28.8. The fourth-order valence-electron chi connectivity index (χ4n) is 3.62. The first-order valence-corrected chi connectivity index (χ1v) is 12.7. The lowest BCUT2D eigenvalue weighted by molar-refractivity contribution is -0.121. The molecule has 5 N–H and O–H groups in total. The standard InChI is InChI=1S/C28H34N8O3/c1-5-10-30-26-21(16-33-28(36-26)31-13-9-20-7-11-29-12-8-20)27(39)35-23-15-22(18(3)14-19(23)4)34-25(38)17-32-24(37)6-2/h6-8,11-12,14-16H,2,5,9-10,13,17H2,1,3-4H3,(H,32,37)(H,34,38)(H,35,39)(H2,30,31,33,36). The third-order valence-electron chi connectivity index (χ3n) is 5.72. The fraction of sp³-hybridized carbons (Fsp3) is 0.286. The molecule has 0 aliphatic heterocycles. The highest BCUT2D eigenvalue weighted by Gasteiger charge is 2.17. The Morgan fingerprint density at radius 2 is 1.69 bits per heavy atom. The summed E-state index contributed by atoms with van der Waals surface area (Å²) in [5.74, 6) is -0.394. The molecule has 2 aromatic heterocycles. The maximum atomic E-state index is 13.3. The number of hydrogen-bond acceptors (Lipinski definition) is 8. The lowest BCUT2D eigenvalue weighted by Crippen LogP contribution is -2.31. The van der Waals surface area contributed by atoms with E-state index in [1.165, 1.54) is 6.20 Å². The summed E-state index contributed by atoms with van der Waals surface area (Å²) in [6, 6.07) is 7.45. The van der Waals surface area contributed by atoms with E-state index in [0.29, 0.717) is 41.8 Å². The number of pyridine rings is 1. The Morgan fingerprint density at radius 1 is 0.974 bits per heavy atom. The van der Waals surface area contributed by atoms with Gasteiger partial charge in [-0.2, -0.15) is 4.98 Å². The smallest absolute Gasteiger partial charge is 0.261 e. The highest BCUT2D eigenvalue weighted by Crippen LogP contribution is 2.26. The zero-order valence-corrected chi connectivity index (χ0v) is 22.4. The Kier molecular flexibility index (Phi) is 10.5. The lowest BCUT2D eigenvalue weighted by Gasteiger charge is -2.16. The highest BCUT2D eigenvalue weighted by atomic mass is 16.2. The molecule has 0 radical (unpaired) electrons. The molecule has 1 aromatic carbocycles. The second-order valence-corrected chi connectivity index (χ2v) is 8.82. The van der Waals surface area contributed by atoms with Crippen molar-refractivity contribution >= 4 is 40.9 Å². The molecule has 0 saturated heterocycles. The van der Waals surface area contributed by atoms with E-state index >= 15 is 0 Å². The number of carbonyl (C=O) groups excluding carboxylic acids is 3. The molecule has 0 atom stereocenters. The molecule has 0 bridgehead atoms. The molecule has 0 fully saturated rings. The maximum Gasteiger partial charge on any atom is 0.261 e. The normalized spacial score (nSPS) is 10.3. The molecule has 0 unspecified atom stereocenters. The molecule has 0 saturated carbocycles. The number of rotatable bonds is 13. The van der Waals surface area contributed by atoms with E-state index in [2.05, 4.69) is 48.1 Å². The Hall–Kier alpha value is -4.80. The van der Waals surface area contributed by atoms with E-state index in [1.54, 1.807) is 18.5 Å². The van der Waals surface area contributed by atoms with Crippen LogP contribution in [-0.4, -0.2) is 52.3 Å². The van der Waals surface area contributed by atoms with E-state index in [1.807, 2.05) is 39.0 Å². The van der Waals surface area contributed by atoms with Crippen LogP contribution in [0.25, 0.3) is 0 Å². The van der Waals surface area contributed by atoms with Gasteiger partial charge < -0.3 is 26.6 Å². The van der Waals surface area contributed by atoms with Gasteiger partial charge in [-0.1, -0.05) is 19.6 Å². The summed E-state index contributed by atoms with van der Waals surface area (Å²) in [6.07, 6.45) is 7.71. The van der Waals surface area contributed by atoms with Gasteiger partial charge in [-0.15, -0.1) is 0 Å². The molecule has 0 aliphatic carbocycles. The number of aromatic nitrogens is 3. The van der Waals surface area contributed by atoms with Crippen molar-refractivity contribution in [3.05, 3.63) is 77.8 Å². The molecule has 39 heavy (non-hydrogen) atoms. The Labute approximate surface area is 227 Å². The van der Waals surface area contributed by atoms with Crippen LogP contribution in [0.3, 0.4) is 0 Å². The maximum absolute atomic E-state index is 13.3. The van der Waals surface area contributed by atoms with Gasteiger partial charge in [0.1, 0.15) is 11.4 Å². The molecule has 204 valence electrons. The second-order valence-electron chi connectivity index (χ2n) is 8.82. The average Bonchev–Trinajstić information content (AvgIpc) is 2.93. The van der Waals surface area contributed by atoms with Crippen LogP contribution in [0.1, 0.15) is 40.4 Å². The summed E-state index contributed by atoms with van der Waals surface area (Å²) < 4.78 is 0. The number of nitrogens with one attached hydrogen (secondary N) is 5. The zero-order valence-electron chi connectivity index (χ0n) is 22.4. The Balaban J connectivity index is 1.73. The minimum absolute atomic E-state index is 0.202. The van der Waals surface area contributed by atoms with Crippen LogP contribution >= 0.6 is 0 Å². The molecule has 3 amide bonds. The van der Waals surface area contributed by atoms with Gasteiger partial charge in [0.25, 0.3) is 5.91 Å². The van der Waals surface area contributed by atoms with Crippen LogP contribution in [0.15, 0.2) is 55.5 Å². The summed E-state index contributed by atoms with van der Waals surface area (Å²) in [6.45, 7) is 10.1. The third kappa shape index (κ3) is 8.63. The first-order chi connectivity index (χ1) is 18.8. The van der Waals surface area contributed by atoms with Crippen molar-refractivity contribution in [1.82, 2.24) is 20.3 Å². The summed E-state index contributed by atoms with van der Waals surface area (Å²) in [7, 11) is 0. The Bertz CT molecular complexity index is 1330. The van der Waals surface area contributed by atoms with Crippen LogP contribution in [0.2, 0.25) is 0 Å². The predicted octanol–water partition coefficient (Wildman–Crippen LogP) is 3.46. The van der Waals surface area contributed by atoms with E-state index in [-0.39, 0.29) is 12.5 Å². The van der Waals surface area contributed by atoms with Crippen LogP contribution in [0.4, 0.5) is 23.1 Å². The summed E-state index contributed by atoms with van der Waals surface area (Å²) in [5.41, 5.74) is 4.10. The summed E-state index contributed by atoms with van der Waals surface area (Å²) >= 11 is 0. The van der Waals surface area contributed by atoms with E-state index in [4.69, 9.17) is 0 Å². The van der Waals surface area contributed by atoms with Gasteiger partial charge in [0.2, 0.25) is 17.8 Å². The molecule has 3 rings (SSSR count). The molecule has 0 spiro atoms. The number of nitrogens with zero attached hydrogens (tertiary/aromatic N) is 3. The van der Waals surface area contributed by atoms with Crippen molar-refractivity contribution in [2.24, 2.45) is 0 Å². The van der Waals surface area contributed by atoms with Gasteiger partial charge in [-0.25, -0.2) is 4.98 Å². The van der Waals surface area contributed by atoms with Crippen molar-refractivity contribution in [3.63, 3.8) is 0 Å². The molecule has 3 aromatic rings. The minimum atomic E-state index is -0.441. The van der Waals surface area contributed by atoms with Gasteiger partial charge in [-0.3, -0.25) is 19.4 Å². The largest absolute Gasteiger partial charge is 0.369 e. The van der Waals surface area contributed by atoms with Gasteiger partial charge in [0, 0.05) is 43.1 Å². The van der Waals surface area contributed by atoms with Gasteiger partial charge in [0.05, 0.1) is 6.54 Å². The van der Waals surface area contributed by atoms with Gasteiger partial charge in [-0.05, 0) is 67.7 Å². The number of benzene rings is 1. The van der Waals surface area contributed by atoms with E-state index in [9.17, 15) is 14.4 Å². The van der Waals surface area contributed by atoms with Gasteiger partial charge in [0.15, 0.2) is 0 Å². The minimum Gasteiger partial charge on any atom is -0.369 e. The first-order valence-electron chi connectivity index (χ1n) is 12.7. The highest BCUT2D eigenvalue weighted by molar-refractivity contribution is 6.08. The monoisotopic (exact) mass is 530 g/mol. The zero-order chi connectivity index (χ0) is 28.2. The molecular weight excluding hydrogens is 496 g/mol. The van der Waals surface area contributed by atoms with E-state index in [0.717, 1.165) is 35.6 Å². The van der Waals surface area contributed by atoms with Crippen molar-refractivity contribution in [2.45, 2.75) is 33.6 Å². The third-order valence-corrected chi connectivity index (χ3v) is 5.72. The van der Waals surface area contributed by atoms with Crippen molar-refractivity contribution in [1.29, 1.82) is 0 Å². The molecular formula is C28H34N8O3. The number of amides is 3. The van der Waals surface area contributed by atoms with Crippen molar-refractivity contribution in [2.75, 3.05) is 40.9 Å². The fourth-order valence-corrected chi connectivity index (χ4v) is 3.62. The number of aryl methyl sites for hydroxylation is 2. The molecule has 11 heteroatoms. The SMILES string of the molecule is C=CC(=O)NCC(=O)Nc1cc(NC(=O)c2cnc(NCCc3ccncc3)nc2NCCC)c(C)cc1C. The van der Waals surface area contributed by atoms with Crippen LogP contribution in [0.5, 0.6) is 0 Å². The summed E-state index contributed by atoms with van der Waals surface area (Å²) in [5, 5.41) is 14.5. The van der Waals surface area contributed by atoms with Crippen LogP contribution in [0, 0.1) is 13.8 Å². The van der Waals surface area contributed by atoms with Crippen LogP contribution < -0.4 is 26.6 Å². The number of hydrogen-bond donors (Lipinski definition) is 5. The molecule has 0 aliphatic rings. The molecule has 11 nitrogen and oxygen atoms in total. The Morgan fingerprint density at radius 3 is 2.38 bits per heavy atom. The quantitative estimate of drug-likeness (QED) is 0.211. The topological polar surface area (TPSA) is 150 Å². The summed E-state index contributed by atoms with van der Waals surface area (Å²) in [4.78, 5) is 49.8. The number of carbonyl (C=O) groups is 3. The number of anilines is 4. The van der Waals surface area contributed by atoms with Crippen molar-refractivity contribution < 1.29 is 14.4 Å². The molecule has 2 heterocycles. The van der Waals surface area contributed by atoms with E-state index < -0.39 is 11.8 Å². The second kappa shape index (κ2) is 14.2.